The molecular formula is C14H19N3O8. The maximum Gasteiger partial charge on any atom is 0.328 e. The number of rotatable bonds is 6. The minimum atomic E-state index is -1.26. The van der Waals surface area contributed by atoms with Crippen LogP contribution in [-0.4, -0.2) is 60.3 Å². The van der Waals surface area contributed by atoms with E-state index < -0.39 is 23.9 Å². The number of hydrogen-bond donors (Lipinski definition) is 6. The summed E-state index contributed by atoms with van der Waals surface area (Å²) in [6, 6.07) is 0.213. The second-order valence-corrected chi connectivity index (χ2v) is 4.28. The number of aromatic amines is 1. The summed E-state index contributed by atoms with van der Waals surface area (Å²) < 4.78 is 0. The quantitative estimate of drug-likeness (QED) is 0.367. The number of carbonyl (C=O) groups is 4. The van der Waals surface area contributed by atoms with E-state index in [0.717, 1.165) is 12.1 Å². The van der Waals surface area contributed by atoms with Gasteiger partial charge in [-0.05, 0) is 6.92 Å². The molecule has 0 amide bonds. The van der Waals surface area contributed by atoms with E-state index in [4.69, 9.17) is 26.2 Å². The van der Waals surface area contributed by atoms with Gasteiger partial charge in [-0.3, -0.25) is 0 Å². The Kier molecular flexibility index (Phi) is 13.5. The molecule has 1 aromatic heterocycles. The van der Waals surface area contributed by atoms with Gasteiger partial charge in [-0.1, -0.05) is 0 Å². The average Bonchev–Trinajstić information content (AvgIpc) is 2.96. The molecule has 25 heavy (non-hydrogen) atoms. The minimum Gasteiger partial charge on any atom is -0.478 e. The second kappa shape index (κ2) is 14.1. The molecular weight excluding hydrogens is 338 g/mol. The standard InChI is InChI=1S/C6H11N3.2C4H4O4/c1-5(7)2-6-3-8-4-9-6;2*5-3(6)1-2-4(7)8/h3-5H,2,7H2,1H3,(H,8,9);2*1-2H,(H,5,6)(H,7,8)/b;2*2-1-/t5-;;/m1../s1. The smallest absolute Gasteiger partial charge is 0.328 e. The molecule has 7 N–H and O–H groups in total. The Morgan fingerprint density at radius 3 is 1.56 bits per heavy atom. The number of hydrogen-bond acceptors (Lipinski definition) is 6. The molecule has 0 aromatic carbocycles. The summed E-state index contributed by atoms with van der Waals surface area (Å²) in [5.41, 5.74) is 6.64. The van der Waals surface area contributed by atoms with Gasteiger partial charge >= 0.3 is 23.9 Å². The first-order chi connectivity index (χ1) is 11.5. The first-order valence-corrected chi connectivity index (χ1v) is 6.55. The number of nitrogens with zero attached hydrogens (tertiary/aromatic N) is 1. The van der Waals surface area contributed by atoms with Crippen molar-refractivity contribution in [1.29, 1.82) is 0 Å². The number of nitrogens with one attached hydrogen (secondary N) is 1. The average molecular weight is 357 g/mol. The molecule has 1 rings (SSSR count). The summed E-state index contributed by atoms with van der Waals surface area (Å²) in [7, 11) is 0. The van der Waals surface area contributed by atoms with Crippen LogP contribution in [0.1, 0.15) is 12.6 Å². The van der Waals surface area contributed by atoms with Crippen LogP contribution in [0.15, 0.2) is 36.8 Å². The zero-order valence-electron chi connectivity index (χ0n) is 13.2. The van der Waals surface area contributed by atoms with E-state index >= 15 is 0 Å². The Hall–Kier alpha value is -3.47. The fourth-order valence-corrected chi connectivity index (χ4v) is 1.03. The Balaban J connectivity index is 0. The predicted octanol–water partition coefficient (Wildman–Crippen LogP) is -0.277. The highest BCUT2D eigenvalue weighted by molar-refractivity contribution is 5.90. The molecule has 11 heteroatoms. The van der Waals surface area contributed by atoms with Crippen molar-refractivity contribution >= 4 is 23.9 Å². The van der Waals surface area contributed by atoms with Crippen molar-refractivity contribution in [2.24, 2.45) is 5.73 Å². The fourth-order valence-electron chi connectivity index (χ4n) is 1.03. The number of aromatic nitrogens is 2. The number of nitrogens with two attached hydrogens (primary N) is 1. The summed E-state index contributed by atoms with van der Waals surface area (Å²) in [5, 5.41) is 31.2. The Labute approximate surface area is 142 Å². The van der Waals surface area contributed by atoms with Gasteiger partial charge in [-0.25, -0.2) is 24.2 Å². The molecule has 11 nitrogen and oxygen atoms in total. The van der Waals surface area contributed by atoms with E-state index in [1.807, 2.05) is 6.92 Å². The zero-order valence-corrected chi connectivity index (χ0v) is 13.2. The van der Waals surface area contributed by atoms with Crippen molar-refractivity contribution in [1.82, 2.24) is 9.97 Å². The third-order valence-electron chi connectivity index (χ3n) is 1.83. The van der Waals surface area contributed by atoms with Crippen LogP contribution >= 0.6 is 0 Å². The lowest BCUT2D eigenvalue weighted by atomic mass is 10.2. The van der Waals surface area contributed by atoms with E-state index in [-0.39, 0.29) is 6.04 Å². The molecule has 0 aliphatic rings. The van der Waals surface area contributed by atoms with E-state index in [1.54, 1.807) is 12.5 Å². The molecule has 1 aromatic rings. The van der Waals surface area contributed by atoms with Crippen LogP contribution in [0, 0.1) is 0 Å². The summed E-state index contributed by atoms with van der Waals surface area (Å²) >= 11 is 0. The summed E-state index contributed by atoms with van der Waals surface area (Å²) in [4.78, 5) is 45.1. The van der Waals surface area contributed by atoms with Gasteiger partial charge < -0.3 is 31.1 Å². The predicted molar refractivity (Wildman–Crippen MR) is 84.8 cm³/mol. The van der Waals surface area contributed by atoms with Crippen LogP contribution in [0.2, 0.25) is 0 Å². The van der Waals surface area contributed by atoms with Crippen LogP contribution in [0.3, 0.4) is 0 Å². The highest BCUT2D eigenvalue weighted by Crippen LogP contribution is 1.93. The number of carboxylic acid groups (broad SMARTS) is 4. The lowest BCUT2D eigenvalue weighted by Crippen LogP contribution is -2.17. The maximum atomic E-state index is 9.55. The molecule has 0 saturated heterocycles. The number of carboxylic acids is 4. The van der Waals surface area contributed by atoms with Gasteiger partial charge in [0.1, 0.15) is 0 Å². The molecule has 0 saturated carbocycles. The molecule has 1 atom stereocenters. The van der Waals surface area contributed by atoms with Crippen molar-refractivity contribution in [3.63, 3.8) is 0 Å². The lowest BCUT2D eigenvalue weighted by molar-refractivity contribution is -0.134. The molecule has 138 valence electrons. The Bertz CT molecular complexity index is 540. The first-order valence-electron chi connectivity index (χ1n) is 6.55. The van der Waals surface area contributed by atoms with E-state index in [1.165, 1.54) is 0 Å². The summed E-state index contributed by atoms with van der Waals surface area (Å²) in [6.07, 6.45) is 6.57. The first kappa shape index (κ1) is 23.8. The third kappa shape index (κ3) is 22.9. The van der Waals surface area contributed by atoms with E-state index in [0.29, 0.717) is 24.3 Å². The molecule has 0 bridgehead atoms. The lowest BCUT2D eigenvalue weighted by Gasteiger charge is -1.99. The van der Waals surface area contributed by atoms with Crippen LogP contribution in [0.25, 0.3) is 0 Å². The monoisotopic (exact) mass is 357 g/mol. The third-order valence-corrected chi connectivity index (χ3v) is 1.83. The van der Waals surface area contributed by atoms with Gasteiger partial charge in [0.25, 0.3) is 0 Å². The molecule has 0 radical (unpaired) electrons. The van der Waals surface area contributed by atoms with Gasteiger partial charge in [0, 0.05) is 48.7 Å². The zero-order chi connectivity index (χ0) is 19.8. The normalized spacial score (nSPS) is 11.0. The Morgan fingerprint density at radius 2 is 1.36 bits per heavy atom. The van der Waals surface area contributed by atoms with E-state index in [9.17, 15) is 19.2 Å². The fraction of sp³-hybridized carbons (Fsp3) is 0.214. The molecule has 0 fully saturated rings. The van der Waals surface area contributed by atoms with Gasteiger partial charge in [-0.15, -0.1) is 0 Å². The van der Waals surface area contributed by atoms with Crippen LogP contribution < -0.4 is 5.73 Å². The van der Waals surface area contributed by atoms with Crippen LogP contribution in [0.4, 0.5) is 0 Å². The number of H-pyrrole nitrogens is 1. The van der Waals surface area contributed by atoms with E-state index in [2.05, 4.69) is 9.97 Å². The topological polar surface area (TPSA) is 204 Å². The Morgan fingerprint density at radius 1 is 1.00 bits per heavy atom. The van der Waals surface area contributed by atoms with Gasteiger partial charge in [0.15, 0.2) is 0 Å². The summed E-state index contributed by atoms with van der Waals surface area (Å²) in [5.74, 6) is -5.03. The molecule has 1 heterocycles. The molecule has 0 aliphatic carbocycles. The van der Waals surface area contributed by atoms with Crippen molar-refractivity contribution < 1.29 is 39.6 Å². The molecule has 0 spiro atoms. The number of imidazole rings is 1. The minimum absolute atomic E-state index is 0.213. The van der Waals surface area contributed by atoms with Gasteiger partial charge in [0.05, 0.1) is 6.33 Å². The van der Waals surface area contributed by atoms with Crippen molar-refractivity contribution in [2.45, 2.75) is 19.4 Å². The van der Waals surface area contributed by atoms with Crippen molar-refractivity contribution in [3.05, 3.63) is 42.5 Å². The summed E-state index contributed by atoms with van der Waals surface area (Å²) in [6.45, 7) is 1.97. The van der Waals surface area contributed by atoms with Crippen LogP contribution in [-0.2, 0) is 25.6 Å². The van der Waals surface area contributed by atoms with Gasteiger partial charge in [0.2, 0.25) is 0 Å². The van der Waals surface area contributed by atoms with Crippen molar-refractivity contribution in [2.75, 3.05) is 0 Å². The number of aliphatic carboxylic acids is 4. The largest absolute Gasteiger partial charge is 0.478 e. The second-order valence-electron chi connectivity index (χ2n) is 4.28. The molecule has 0 unspecified atom stereocenters. The molecule has 0 aliphatic heterocycles. The SMILES string of the molecule is C[C@@H](N)Cc1cnc[nH]1.O=C(O)/C=C\C(=O)O.O=C(O)/C=C\C(=O)O. The maximum absolute atomic E-state index is 9.55. The highest BCUT2D eigenvalue weighted by Gasteiger charge is 1.96. The highest BCUT2D eigenvalue weighted by atomic mass is 16.4. The van der Waals surface area contributed by atoms with Crippen LogP contribution in [0.5, 0.6) is 0 Å². The van der Waals surface area contributed by atoms with Gasteiger partial charge in [-0.2, -0.15) is 0 Å². The van der Waals surface area contributed by atoms with Crippen molar-refractivity contribution in [3.8, 4) is 0 Å².